The van der Waals surface area contributed by atoms with Crippen molar-refractivity contribution in [3.63, 3.8) is 0 Å². The third kappa shape index (κ3) is 5.01. The molecule has 3 aromatic rings. The van der Waals surface area contributed by atoms with Crippen LogP contribution < -0.4 is 10.9 Å². The van der Waals surface area contributed by atoms with Crippen LogP contribution in [0.1, 0.15) is 57.8 Å². The fraction of sp³-hybridized carbons (Fsp3) is 0.448. The van der Waals surface area contributed by atoms with Crippen LogP contribution >= 0.6 is 0 Å². The van der Waals surface area contributed by atoms with E-state index in [0.717, 1.165) is 48.1 Å². The number of nitrogens with one attached hydrogen (secondary N) is 3. The van der Waals surface area contributed by atoms with Crippen LogP contribution in [0.3, 0.4) is 0 Å². The van der Waals surface area contributed by atoms with Gasteiger partial charge in [-0.2, -0.15) is 0 Å². The van der Waals surface area contributed by atoms with Gasteiger partial charge in [-0.05, 0) is 68.0 Å². The van der Waals surface area contributed by atoms with E-state index in [-0.39, 0.29) is 41.2 Å². The van der Waals surface area contributed by atoms with Crippen molar-refractivity contribution < 1.29 is 18.8 Å². The van der Waals surface area contributed by atoms with Crippen molar-refractivity contribution in [2.24, 2.45) is 11.8 Å². The minimum absolute atomic E-state index is 0.0103. The van der Waals surface area contributed by atoms with E-state index in [4.69, 9.17) is 0 Å². The first kappa shape index (κ1) is 25.5. The van der Waals surface area contributed by atoms with Crippen molar-refractivity contribution >= 4 is 28.8 Å². The van der Waals surface area contributed by atoms with E-state index in [1.165, 1.54) is 6.07 Å². The molecule has 1 aromatic heterocycles. The first-order valence-corrected chi connectivity index (χ1v) is 13.8. The van der Waals surface area contributed by atoms with Crippen LogP contribution in [0.15, 0.2) is 36.4 Å². The van der Waals surface area contributed by atoms with Crippen LogP contribution in [0.4, 0.5) is 4.39 Å². The zero-order chi connectivity index (χ0) is 27.1. The maximum absolute atomic E-state index is 14.8. The van der Waals surface area contributed by atoms with E-state index in [9.17, 15) is 18.8 Å². The Hall–Kier alpha value is -3.79. The van der Waals surface area contributed by atoms with Gasteiger partial charge in [0.05, 0.1) is 16.6 Å². The van der Waals surface area contributed by atoms with Gasteiger partial charge in [0.25, 0.3) is 11.8 Å². The number of rotatable bonds is 4. The standard InChI is InChI=1S/C29H33FN6O3/c1-17-31-24-9-7-19(16-26(24)32-17)28(38)35-10-12-36(13-11-35)29(39)22-14-18(6-8-23(22)30)15-25-20-4-2-3-5-21(20)27(37)34-33-25/h6-9,14,16,20-21,25,33H,2-5,10-13,15H2,1H3,(H,31,32)(H,34,37). The molecule has 39 heavy (non-hydrogen) atoms. The lowest BCUT2D eigenvalue weighted by Crippen LogP contribution is -2.60. The van der Waals surface area contributed by atoms with Gasteiger partial charge in [-0.1, -0.05) is 18.9 Å². The number of carbonyl (C=O) groups excluding carboxylic acids is 3. The number of piperazine rings is 1. The summed E-state index contributed by atoms with van der Waals surface area (Å²) in [5.41, 5.74) is 9.06. The van der Waals surface area contributed by atoms with Crippen LogP contribution in [0, 0.1) is 24.6 Å². The molecule has 1 aliphatic carbocycles. The van der Waals surface area contributed by atoms with E-state index in [0.29, 0.717) is 38.2 Å². The number of aryl methyl sites for hydroxylation is 1. The quantitative estimate of drug-likeness (QED) is 0.479. The molecule has 6 rings (SSSR count). The molecular weight excluding hydrogens is 499 g/mol. The Bertz CT molecular complexity index is 1430. The Morgan fingerprint density at radius 2 is 1.74 bits per heavy atom. The number of nitrogens with zero attached hydrogens (tertiary/aromatic N) is 3. The van der Waals surface area contributed by atoms with Gasteiger partial charge in [0, 0.05) is 43.7 Å². The third-order valence-electron chi connectivity index (χ3n) is 8.47. The molecule has 2 aromatic carbocycles. The van der Waals surface area contributed by atoms with Gasteiger partial charge in [0.15, 0.2) is 0 Å². The van der Waals surface area contributed by atoms with Gasteiger partial charge >= 0.3 is 0 Å². The molecule has 3 fully saturated rings. The predicted molar refractivity (Wildman–Crippen MR) is 143 cm³/mol. The van der Waals surface area contributed by atoms with Gasteiger partial charge < -0.3 is 14.8 Å². The lowest BCUT2D eigenvalue weighted by atomic mass is 9.72. The van der Waals surface area contributed by atoms with Gasteiger partial charge in [-0.15, -0.1) is 0 Å². The van der Waals surface area contributed by atoms with Gasteiger partial charge in [0.1, 0.15) is 11.6 Å². The lowest BCUT2D eigenvalue weighted by molar-refractivity contribution is -0.133. The summed E-state index contributed by atoms with van der Waals surface area (Å²) in [6, 6.07) is 10.2. The summed E-state index contributed by atoms with van der Waals surface area (Å²) in [6.07, 6.45) is 4.65. The Balaban J connectivity index is 1.10. The van der Waals surface area contributed by atoms with Gasteiger partial charge in [0.2, 0.25) is 5.91 Å². The highest BCUT2D eigenvalue weighted by atomic mass is 19.1. The summed E-state index contributed by atoms with van der Waals surface area (Å²) in [5.74, 6) is 0.0782. The Morgan fingerprint density at radius 3 is 2.54 bits per heavy atom. The number of benzene rings is 2. The number of carbonyl (C=O) groups is 3. The van der Waals surface area contributed by atoms with Crippen LogP contribution in [-0.4, -0.2) is 69.7 Å². The lowest BCUT2D eigenvalue weighted by Gasteiger charge is -2.41. The second-order valence-corrected chi connectivity index (χ2v) is 11.0. The number of aromatic nitrogens is 2. The average Bonchev–Trinajstić information content (AvgIpc) is 3.34. The average molecular weight is 533 g/mol. The van der Waals surface area contributed by atoms with Gasteiger partial charge in [-0.3, -0.25) is 19.8 Å². The molecule has 204 valence electrons. The molecular formula is C29H33FN6O3. The molecule has 0 bridgehead atoms. The summed E-state index contributed by atoms with van der Waals surface area (Å²) in [6.45, 7) is 3.29. The number of hydrogen-bond acceptors (Lipinski definition) is 5. The molecule has 3 N–H and O–H groups in total. The van der Waals surface area contributed by atoms with E-state index in [1.807, 2.05) is 13.0 Å². The molecule has 3 atom stereocenters. The fourth-order valence-corrected chi connectivity index (χ4v) is 6.39. The first-order chi connectivity index (χ1) is 18.9. The molecule has 1 saturated carbocycles. The number of aromatic amines is 1. The zero-order valence-corrected chi connectivity index (χ0v) is 22.0. The highest BCUT2D eigenvalue weighted by Gasteiger charge is 2.40. The van der Waals surface area contributed by atoms with Gasteiger partial charge in [-0.25, -0.2) is 14.8 Å². The molecule has 2 aliphatic heterocycles. The van der Waals surface area contributed by atoms with Crippen molar-refractivity contribution in [1.29, 1.82) is 0 Å². The predicted octanol–water partition coefficient (Wildman–Crippen LogP) is 2.96. The second-order valence-electron chi connectivity index (χ2n) is 11.0. The summed E-state index contributed by atoms with van der Waals surface area (Å²) in [5, 5.41) is 0. The summed E-state index contributed by atoms with van der Waals surface area (Å²) in [7, 11) is 0. The monoisotopic (exact) mass is 532 g/mol. The highest BCUT2D eigenvalue weighted by Crippen LogP contribution is 2.35. The summed E-state index contributed by atoms with van der Waals surface area (Å²) < 4.78 is 14.8. The number of imidazole rings is 1. The molecule has 3 amide bonds. The number of hydrogen-bond donors (Lipinski definition) is 3. The molecule has 2 saturated heterocycles. The van der Waals surface area contributed by atoms with Crippen molar-refractivity contribution in [3.8, 4) is 0 Å². The zero-order valence-electron chi connectivity index (χ0n) is 22.0. The molecule has 3 aliphatic rings. The molecule has 10 heteroatoms. The van der Waals surface area contributed by atoms with E-state index in [2.05, 4.69) is 20.8 Å². The highest BCUT2D eigenvalue weighted by molar-refractivity contribution is 5.98. The van der Waals surface area contributed by atoms with Crippen molar-refractivity contribution in [3.05, 3.63) is 64.7 Å². The minimum Gasteiger partial charge on any atom is -0.342 e. The number of H-pyrrole nitrogens is 1. The van der Waals surface area contributed by atoms with Crippen molar-refractivity contribution in [2.45, 2.75) is 45.1 Å². The SMILES string of the molecule is Cc1nc2ccc(C(=O)N3CCN(C(=O)c4cc(CC5NNC(=O)C6CCCCC56)ccc4F)CC3)cc2[nH]1. The number of fused-ring (bicyclic) bond motifs is 2. The van der Waals surface area contributed by atoms with Crippen LogP contribution in [0.5, 0.6) is 0 Å². The summed E-state index contributed by atoms with van der Waals surface area (Å²) >= 11 is 0. The Labute approximate surface area is 226 Å². The molecule has 0 radical (unpaired) electrons. The fourth-order valence-electron chi connectivity index (χ4n) is 6.39. The topological polar surface area (TPSA) is 110 Å². The third-order valence-corrected chi connectivity index (χ3v) is 8.47. The number of halogens is 1. The van der Waals surface area contributed by atoms with E-state index < -0.39 is 5.82 Å². The first-order valence-electron chi connectivity index (χ1n) is 13.8. The number of amides is 3. The molecule has 3 unspecified atom stereocenters. The van der Waals surface area contributed by atoms with Crippen LogP contribution in [0.2, 0.25) is 0 Å². The van der Waals surface area contributed by atoms with Crippen molar-refractivity contribution in [2.75, 3.05) is 26.2 Å². The van der Waals surface area contributed by atoms with Crippen LogP contribution in [0.25, 0.3) is 11.0 Å². The van der Waals surface area contributed by atoms with E-state index >= 15 is 0 Å². The second kappa shape index (κ2) is 10.4. The maximum Gasteiger partial charge on any atom is 0.256 e. The molecule has 3 heterocycles. The minimum atomic E-state index is -0.550. The smallest absolute Gasteiger partial charge is 0.256 e. The Morgan fingerprint density at radius 1 is 1.00 bits per heavy atom. The molecule has 0 spiro atoms. The largest absolute Gasteiger partial charge is 0.342 e. The summed E-state index contributed by atoms with van der Waals surface area (Å²) in [4.78, 5) is 49.6. The maximum atomic E-state index is 14.8. The molecule has 9 nitrogen and oxygen atoms in total. The number of hydrazine groups is 1. The van der Waals surface area contributed by atoms with E-state index in [1.54, 1.807) is 34.1 Å². The Kier molecular flexibility index (Phi) is 6.80. The normalized spacial score (nSPS) is 23.4. The van der Waals surface area contributed by atoms with Crippen molar-refractivity contribution in [1.82, 2.24) is 30.6 Å². The van der Waals surface area contributed by atoms with Crippen LogP contribution in [-0.2, 0) is 11.2 Å².